The Kier molecular flexibility index (Phi) is 5.54. The minimum atomic E-state index is -0.336. The van der Waals surface area contributed by atoms with Crippen molar-refractivity contribution in [1.82, 2.24) is 10.2 Å². The largest absolute Gasteiger partial charge is 0.349 e. The van der Waals surface area contributed by atoms with E-state index < -0.39 is 0 Å². The number of rotatable bonds is 5. The number of benzene rings is 1. The highest BCUT2D eigenvalue weighted by Gasteiger charge is 2.34. The van der Waals surface area contributed by atoms with E-state index in [0.717, 1.165) is 31.6 Å². The average Bonchev–Trinajstić information content (AvgIpc) is 3.38. The smallest absolute Gasteiger partial charge is 0.293 e. The van der Waals surface area contributed by atoms with Crippen molar-refractivity contribution in [2.24, 2.45) is 0 Å². The first-order chi connectivity index (χ1) is 13.5. The predicted octanol–water partition coefficient (Wildman–Crippen LogP) is 5.08. The van der Waals surface area contributed by atoms with Crippen LogP contribution in [0.2, 0.25) is 5.02 Å². The third-order valence-corrected chi connectivity index (χ3v) is 7.45. The maximum atomic E-state index is 12.5. The molecule has 0 radical (unpaired) electrons. The number of carbonyl (C=O) groups excluding carboxylic acids is 3. The second-order valence-corrected chi connectivity index (χ2v) is 9.25. The Morgan fingerprint density at radius 2 is 2.00 bits per heavy atom. The fourth-order valence-corrected chi connectivity index (χ4v) is 5.74. The first-order valence-corrected chi connectivity index (χ1v) is 11.2. The Hall–Kier alpha value is -2.13. The summed E-state index contributed by atoms with van der Waals surface area (Å²) in [4.78, 5) is 39.9. The minimum Gasteiger partial charge on any atom is -0.349 e. The Bertz CT molecular complexity index is 1110. The van der Waals surface area contributed by atoms with Crippen LogP contribution in [-0.4, -0.2) is 35.0 Å². The maximum Gasteiger partial charge on any atom is 0.293 e. The number of thioether (sulfide) groups is 1. The Labute approximate surface area is 178 Å². The summed E-state index contributed by atoms with van der Waals surface area (Å²) in [7, 11) is 0. The summed E-state index contributed by atoms with van der Waals surface area (Å²) in [5.74, 6) is -0.648. The summed E-state index contributed by atoms with van der Waals surface area (Å²) in [6, 6.07) is 11.3. The van der Waals surface area contributed by atoms with Crippen molar-refractivity contribution in [3.63, 3.8) is 0 Å². The number of hydrogen-bond acceptors (Lipinski definition) is 6. The van der Waals surface area contributed by atoms with Gasteiger partial charge in [-0.15, -0.1) is 22.7 Å². The van der Waals surface area contributed by atoms with E-state index in [9.17, 15) is 14.4 Å². The van der Waals surface area contributed by atoms with Crippen LogP contribution in [0.4, 0.5) is 4.79 Å². The van der Waals surface area contributed by atoms with Gasteiger partial charge in [-0.2, -0.15) is 0 Å². The van der Waals surface area contributed by atoms with Gasteiger partial charge in [0.15, 0.2) is 0 Å². The van der Waals surface area contributed by atoms with Gasteiger partial charge in [0.05, 0.1) is 9.93 Å². The molecule has 3 aromatic rings. The third-order valence-electron chi connectivity index (χ3n) is 4.05. The van der Waals surface area contributed by atoms with E-state index in [1.54, 1.807) is 6.08 Å². The molecule has 0 bridgehead atoms. The highest BCUT2D eigenvalue weighted by atomic mass is 35.5. The molecule has 0 aliphatic carbocycles. The van der Waals surface area contributed by atoms with Crippen LogP contribution in [0.3, 0.4) is 0 Å². The van der Waals surface area contributed by atoms with Crippen molar-refractivity contribution in [1.29, 1.82) is 0 Å². The zero-order valence-corrected chi connectivity index (χ0v) is 17.5. The van der Waals surface area contributed by atoms with Crippen LogP contribution in [0.25, 0.3) is 16.2 Å². The highest BCUT2D eigenvalue weighted by Crippen LogP contribution is 2.35. The van der Waals surface area contributed by atoms with E-state index in [2.05, 4.69) is 5.32 Å². The molecular weight excluding hydrogens is 436 g/mol. The van der Waals surface area contributed by atoms with Crippen LogP contribution in [0.1, 0.15) is 14.5 Å². The molecule has 0 spiro atoms. The van der Waals surface area contributed by atoms with E-state index in [1.807, 2.05) is 41.8 Å². The van der Waals surface area contributed by atoms with Gasteiger partial charge in [-0.3, -0.25) is 19.3 Å². The summed E-state index contributed by atoms with van der Waals surface area (Å²) >= 11 is 10.0. The lowest BCUT2D eigenvalue weighted by Crippen LogP contribution is -2.37. The van der Waals surface area contributed by atoms with Gasteiger partial charge in [0.25, 0.3) is 17.1 Å². The summed E-state index contributed by atoms with van der Waals surface area (Å²) in [5, 5.41) is 5.58. The Morgan fingerprint density at radius 3 is 2.75 bits per heavy atom. The molecule has 28 heavy (non-hydrogen) atoms. The summed E-state index contributed by atoms with van der Waals surface area (Å²) in [6.45, 7) is 0.272. The van der Waals surface area contributed by atoms with E-state index in [1.165, 1.54) is 22.7 Å². The summed E-state index contributed by atoms with van der Waals surface area (Å²) in [5.41, 5.74) is 0. The van der Waals surface area contributed by atoms with Crippen LogP contribution < -0.4 is 5.32 Å². The Balaban J connectivity index is 1.39. The van der Waals surface area contributed by atoms with Gasteiger partial charge in [-0.05, 0) is 35.4 Å². The number of carbonyl (C=O) groups is 3. The molecule has 1 saturated heterocycles. The van der Waals surface area contributed by atoms with Crippen LogP contribution in [0.15, 0.2) is 46.7 Å². The number of hydrogen-bond donors (Lipinski definition) is 1. The van der Waals surface area contributed by atoms with Gasteiger partial charge in [-0.1, -0.05) is 35.9 Å². The number of halogens is 1. The lowest BCUT2D eigenvalue weighted by molar-refractivity contribution is -0.122. The number of nitrogens with zero attached hydrogens (tertiary/aromatic N) is 1. The second kappa shape index (κ2) is 8.08. The molecular formula is C19H13ClN2O3S3. The van der Waals surface area contributed by atoms with Crippen LogP contribution >= 0.6 is 46.0 Å². The van der Waals surface area contributed by atoms with E-state index in [0.29, 0.717) is 14.8 Å². The van der Waals surface area contributed by atoms with Gasteiger partial charge < -0.3 is 5.32 Å². The summed E-state index contributed by atoms with van der Waals surface area (Å²) < 4.78 is 0.933. The first kappa shape index (κ1) is 19.2. The molecule has 1 aliphatic heterocycles. The number of thiophene rings is 2. The lowest BCUT2D eigenvalue weighted by Gasteiger charge is -2.12. The van der Waals surface area contributed by atoms with Gasteiger partial charge in [-0.25, -0.2) is 0 Å². The molecule has 0 unspecified atom stereocenters. The van der Waals surface area contributed by atoms with Crippen molar-refractivity contribution in [3.05, 3.63) is 61.5 Å². The molecule has 1 fully saturated rings. The molecule has 1 N–H and O–H groups in total. The van der Waals surface area contributed by atoms with E-state index in [4.69, 9.17) is 11.6 Å². The number of imide groups is 1. The van der Waals surface area contributed by atoms with Gasteiger partial charge >= 0.3 is 0 Å². The molecule has 5 nitrogen and oxygen atoms in total. The van der Waals surface area contributed by atoms with E-state index >= 15 is 0 Å². The standard InChI is InChI=1S/C19H13ClN2O3S3/c20-15-12-5-1-2-6-13(12)27-16(15)17(23)21-7-8-22-18(24)14(28-19(22)25)10-11-4-3-9-26-11/h1-6,9-10H,7-8H2,(H,21,23). The zero-order chi connectivity index (χ0) is 19.7. The van der Waals surface area contributed by atoms with Gasteiger partial charge in [0, 0.05) is 28.1 Å². The topological polar surface area (TPSA) is 66.5 Å². The Morgan fingerprint density at radius 1 is 1.18 bits per heavy atom. The lowest BCUT2D eigenvalue weighted by atomic mass is 10.2. The maximum absolute atomic E-state index is 12.5. The van der Waals surface area contributed by atoms with E-state index in [-0.39, 0.29) is 30.1 Å². The first-order valence-electron chi connectivity index (χ1n) is 8.28. The molecule has 1 aromatic carbocycles. The highest BCUT2D eigenvalue weighted by molar-refractivity contribution is 8.18. The number of amides is 3. The van der Waals surface area contributed by atoms with Crippen molar-refractivity contribution in [2.75, 3.05) is 13.1 Å². The zero-order valence-electron chi connectivity index (χ0n) is 14.3. The normalized spacial score (nSPS) is 15.8. The quantitative estimate of drug-likeness (QED) is 0.552. The van der Waals surface area contributed by atoms with Crippen molar-refractivity contribution in [2.45, 2.75) is 0 Å². The fraction of sp³-hybridized carbons (Fsp3) is 0.105. The van der Waals surface area contributed by atoms with Crippen LogP contribution in [0, 0.1) is 0 Å². The molecule has 9 heteroatoms. The van der Waals surface area contributed by atoms with Gasteiger partial charge in [0.1, 0.15) is 4.88 Å². The predicted molar refractivity (Wildman–Crippen MR) is 116 cm³/mol. The summed E-state index contributed by atoms with van der Waals surface area (Å²) in [6.07, 6.45) is 1.71. The van der Waals surface area contributed by atoms with Gasteiger partial charge in [0.2, 0.25) is 0 Å². The SMILES string of the molecule is O=C(NCCN1C(=O)SC(=Cc2cccs2)C1=O)c1sc2ccccc2c1Cl. The third kappa shape index (κ3) is 3.73. The molecule has 3 amide bonds. The minimum absolute atomic E-state index is 0.112. The molecule has 1 aliphatic rings. The molecule has 2 aromatic heterocycles. The van der Waals surface area contributed by atoms with Crippen molar-refractivity contribution < 1.29 is 14.4 Å². The molecule has 0 atom stereocenters. The second-order valence-electron chi connectivity index (χ2n) is 5.85. The monoisotopic (exact) mass is 448 g/mol. The number of fused-ring (bicyclic) bond motifs is 1. The van der Waals surface area contributed by atoms with Crippen molar-refractivity contribution in [3.8, 4) is 0 Å². The molecule has 142 valence electrons. The van der Waals surface area contributed by atoms with Crippen LogP contribution in [0.5, 0.6) is 0 Å². The number of nitrogens with one attached hydrogen (secondary N) is 1. The molecule has 0 saturated carbocycles. The van der Waals surface area contributed by atoms with Crippen LogP contribution in [-0.2, 0) is 4.79 Å². The molecule has 4 rings (SSSR count). The fourth-order valence-electron chi connectivity index (χ4n) is 2.72. The average molecular weight is 449 g/mol. The van der Waals surface area contributed by atoms with Crippen molar-refractivity contribution >= 4 is 79.3 Å². The molecule has 3 heterocycles.